The summed E-state index contributed by atoms with van der Waals surface area (Å²) in [6.45, 7) is 4.72. The molecule has 0 amide bonds. The summed E-state index contributed by atoms with van der Waals surface area (Å²) in [6, 6.07) is 1.91. The second kappa shape index (κ2) is 5.04. The smallest absolute Gasteiger partial charge is 0.220 e. The maximum Gasteiger partial charge on any atom is 0.220 e. The topological polar surface area (TPSA) is 64.3 Å². The van der Waals surface area contributed by atoms with Gasteiger partial charge >= 0.3 is 0 Å². The summed E-state index contributed by atoms with van der Waals surface area (Å²) >= 11 is 0. The molecular weight excluding hydrogens is 192 g/mol. The van der Waals surface area contributed by atoms with E-state index < -0.39 is 0 Å². The molecule has 0 saturated carbocycles. The van der Waals surface area contributed by atoms with Gasteiger partial charge in [0, 0.05) is 37.9 Å². The number of anilines is 1. The Bertz CT molecular complexity index is 312. The minimum Gasteiger partial charge on any atom is -0.379 e. The second-order valence-electron chi connectivity index (χ2n) is 3.61. The molecule has 2 rings (SSSR count). The van der Waals surface area contributed by atoms with E-state index in [4.69, 9.17) is 10.5 Å². The van der Waals surface area contributed by atoms with Gasteiger partial charge in [0.15, 0.2) is 0 Å². The van der Waals surface area contributed by atoms with Crippen molar-refractivity contribution in [2.45, 2.75) is 6.42 Å². The van der Waals surface area contributed by atoms with Crippen molar-refractivity contribution in [1.29, 1.82) is 0 Å². The molecule has 0 aromatic carbocycles. The summed E-state index contributed by atoms with van der Waals surface area (Å²) in [5.41, 5.74) is 6.52. The van der Waals surface area contributed by atoms with Gasteiger partial charge in [-0.2, -0.15) is 0 Å². The lowest BCUT2D eigenvalue weighted by molar-refractivity contribution is 0.0383. The van der Waals surface area contributed by atoms with Crippen LogP contribution in [-0.4, -0.2) is 47.7 Å². The Labute approximate surface area is 89.3 Å². The van der Waals surface area contributed by atoms with Gasteiger partial charge < -0.3 is 10.5 Å². The maximum absolute atomic E-state index is 5.51. The Morgan fingerprint density at radius 2 is 2.20 bits per heavy atom. The molecule has 1 aromatic rings. The van der Waals surface area contributed by atoms with Crippen LogP contribution in [0.3, 0.4) is 0 Å². The van der Waals surface area contributed by atoms with E-state index in [2.05, 4.69) is 14.9 Å². The molecule has 1 aromatic heterocycles. The fourth-order valence-corrected chi connectivity index (χ4v) is 1.65. The van der Waals surface area contributed by atoms with Gasteiger partial charge in [-0.3, -0.25) is 4.90 Å². The van der Waals surface area contributed by atoms with E-state index in [0.29, 0.717) is 5.95 Å². The van der Waals surface area contributed by atoms with E-state index in [1.54, 1.807) is 6.20 Å². The molecule has 2 N–H and O–H groups in total. The molecular formula is C10H16N4O. The van der Waals surface area contributed by atoms with Crippen molar-refractivity contribution >= 4 is 5.95 Å². The highest BCUT2D eigenvalue weighted by molar-refractivity contribution is 5.17. The highest BCUT2D eigenvalue weighted by Gasteiger charge is 2.09. The Morgan fingerprint density at radius 3 is 2.93 bits per heavy atom. The fourth-order valence-electron chi connectivity index (χ4n) is 1.65. The third kappa shape index (κ3) is 3.14. The monoisotopic (exact) mass is 208 g/mol. The summed E-state index contributed by atoms with van der Waals surface area (Å²) in [5, 5.41) is 0. The first-order valence-corrected chi connectivity index (χ1v) is 5.22. The third-order valence-corrected chi connectivity index (χ3v) is 2.52. The lowest BCUT2D eigenvalue weighted by atomic mass is 10.2. The van der Waals surface area contributed by atoms with Crippen LogP contribution in [0.2, 0.25) is 0 Å². The zero-order valence-corrected chi connectivity index (χ0v) is 8.72. The molecule has 82 valence electrons. The first-order chi connectivity index (χ1) is 7.34. The summed E-state index contributed by atoms with van der Waals surface area (Å²) in [4.78, 5) is 10.4. The van der Waals surface area contributed by atoms with Gasteiger partial charge in [-0.1, -0.05) is 0 Å². The average molecular weight is 208 g/mol. The van der Waals surface area contributed by atoms with E-state index in [1.807, 2.05) is 6.07 Å². The summed E-state index contributed by atoms with van der Waals surface area (Å²) in [5.74, 6) is 0.356. The Balaban J connectivity index is 1.81. The summed E-state index contributed by atoms with van der Waals surface area (Å²) in [7, 11) is 0. The molecule has 0 atom stereocenters. The minimum absolute atomic E-state index is 0.356. The Morgan fingerprint density at radius 1 is 1.40 bits per heavy atom. The zero-order valence-electron chi connectivity index (χ0n) is 8.72. The van der Waals surface area contributed by atoms with Crippen LogP contribution in [0.4, 0.5) is 5.95 Å². The summed E-state index contributed by atoms with van der Waals surface area (Å²) in [6.07, 6.45) is 2.63. The highest BCUT2D eigenvalue weighted by Crippen LogP contribution is 2.02. The van der Waals surface area contributed by atoms with Crippen LogP contribution in [0.5, 0.6) is 0 Å². The van der Waals surface area contributed by atoms with E-state index in [0.717, 1.165) is 45.0 Å². The van der Waals surface area contributed by atoms with Crippen molar-refractivity contribution in [2.24, 2.45) is 0 Å². The highest BCUT2D eigenvalue weighted by atomic mass is 16.5. The third-order valence-electron chi connectivity index (χ3n) is 2.52. The Kier molecular flexibility index (Phi) is 3.47. The van der Waals surface area contributed by atoms with Crippen molar-refractivity contribution in [3.05, 3.63) is 18.0 Å². The van der Waals surface area contributed by atoms with E-state index in [9.17, 15) is 0 Å². The molecule has 1 aliphatic heterocycles. The summed E-state index contributed by atoms with van der Waals surface area (Å²) < 4.78 is 5.28. The quantitative estimate of drug-likeness (QED) is 0.753. The van der Waals surface area contributed by atoms with Crippen LogP contribution < -0.4 is 5.73 Å². The molecule has 0 aliphatic carbocycles. The molecule has 0 unspecified atom stereocenters. The maximum atomic E-state index is 5.51. The zero-order chi connectivity index (χ0) is 10.5. The van der Waals surface area contributed by atoms with E-state index in [-0.39, 0.29) is 0 Å². The lowest BCUT2D eigenvalue weighted by Crippen LogP contribution is -2.37. The number of ether oxygens (including phenoxy) is 1. The van der Waals surface area contributed by atoms with Crippen LogP contribution in [-0.2, 0) is 11.2 Å². The molecule has 1 saturated heterocycles. The first-order valence-electron chi connectivity index (χ1n) is 5.22. The predicted octanol–water partition coefficient (Wildman–Crippen LogP) is -0.0665. The normalized spacial score (nSPS) is 17.9. The van der Waals surface area contributed by atoms with Crippen LogP contribution in [0, 0.1) is 0 Å². The van der Waals surface area contributed by atoms with Gasteiger partial charge in [-0.05, 0) is 6.07 Å². The van der Waals surface area contributed by atoms with Crippen LogP contribution in [0.25, 0.3) is 0 Å². The van der Waals surface area contributed by atoms with Gasteiger partial charge in [0.2, 0.25) is 5.95 Å². The van der Waals surface area contributed by atoms with Crippen LogP contribution in [0.15, 0.2) is 12.3 Å². The van der Waals surface area contributed by atoms with Gasteiger partial charge in [0.1, 0.15) is 0 Å². The standard InChI is InChI=1S/C10H16N4O/c11-10-12-3-1-9(13-10)2-4-14-5-7-15-8-6-14/h1,3H,2,4-8H2,(H2,11,12,13). The van der Waals surface area contributed by atoms with Crippen molar-refractivity contribution in [3.8, 4) is 0 Å². The first kappa shape index (κ1) is 10.3. The number of hydrogen-bond donors (Lipinski definition) is 1. The van der Waals surface area contributed by atoms with E-state index in [1.165, 1.54) is 0 Å². The molecule has 2 heterocycles. The SMILES string of the molecule is Nc1nccc(CCN2CCOCC2)n1. The van der Waals surface area contributed by atoms with Crippen molar-refractivity contribution in [2.75, 3.05) is 38.6 Å². The van der Waals surface area contributed by atoms with E-state index >= 15 is 0 Å². The van der Waals surface area contributed by atoms with Gasteiger partial charge in [0.05, 0.1) is 13.2 Å². The number of nitrogens with zero attached hydrogens (tertiary/aromatic N) is 3. The van der Waals surface area contributed by atoms with Crippen molar-refractivity contribution in [1.82, 2.24) is 14.9 Å². The molecule has 0 bridgehead atoms. The van der Waals surface area contributed by atoms with Gasteiger partial charge in [-0.25, -0.2) is 9.97 Å². The van der Waals surface area contributed by atoms with Crippen LogP contribution in [0.1, 0.15) is 5.69 Å². The number of morpholine rings is 1. The second-order valence-corrected chi connectivity index (χ2v) is 3.61. The average Bonchev–Trinajstić information content (AvgIpc) is 2.28. The number of nitrogen functional groups attached to an aromatic ring is 1. The van der Waals surface area contributed by atoms with Crippen molar-refractivity contribution in [3.63, 3.8) is 0 Å². The molecule has 0 spiro atoms. The number of hydrogen-bond acceptors (Lipinski definition) is 5. The lowest BCUT2D eigenvalue weighted by Gasteiger charge is -2.26. The largest absolute Gasteiger partial charge is 0.379 e. The van der Waals surface area contributed by atoms with Crippen LogP contribution >= 0.6 is 0 Å². The molecule has 0 radical (unpaired) electrons. The minimum atomic E-state index is 0.356. The van der Waals surface area contributed by atoms with Gasteiger partial charge in [-0.15, -0.1) is 0 Å². The molecule has 15 heavy (non-hydrogen) atoms. The fraction of sp³-hybridized carbons (Fsp3) is 0.600. The number of nitrogens with two attached hydrogens (primary N) is 1. The number of rotatable bonds is 3. The van der Waals surface area contributed by atoms with Gasteiger partial charge in [0.25, 0.3) is 0 Å². The molecule has 1 aliphatic rings. The molecule has 5 nitrogen and oxygen atoms in total. The molecule has 1 fully saturated rings. The number of aromatic nitrogens is 2. The molecule has 5 heteroatoms. The van der Waals surface area contributed by atoms with Crippen molar-refractivity contribution < 1.29 is 4.74 Å². The Hall–Kier alpha value is -1.20. The predicted molar refractivity (Wildman–Crippen MR) is 57.4 cm³/mol.